The summed E-state index contributed by atoms with van der Waals surface area (Å²) in [5.41, 5.74) is 3.43. The van der Waals surface area contributed by atoms with Crippen LogP contribution in [-0.4, -0.2) is 12.0 Å². The third-order valence-electron chi connectivity index (χ3n) is 4.16. The van der Waals surface area contributed by atoms with Gasteiger partial charge in [-0.05, 0) is 56.0 Å². The second-order valence-electron chi connectivity index (χ2n) is 6.02. The number of hydrogen-bond acceptors (Lipinski definition) is 2. The SMILES string of the molecule is CC[C@@H](Oc1ccccc1F)C(=O)N[C@@H](C)c1ccc(C)c(C)c1. The maximum atomic E-state index is 13.7. The molecule has 2 atom stereocenters. The Kier molecular flexibility index (Phi) is 5.96. The molecule has 128 valence electrons. The van der Waals surface area contributed by atoms with Gasteiger partial charge in [-0.25, -0.2) is 4.39 Å². The Morgan fingerprint density at radius 2 is 1.88 bits per heavy atom. The van der Waals surface area contributed by atoms with Crippen LogP contribution in [0.25, 0.3) is 0 Å². The maximum absolute atomic E-state index is 13.7. The van der Waals surface area contributed by atoms with Crippen LogP contribution < -0.4 is 10.1 Å². The highest BCUT2D eigenvalue weighted by Gasteiger charge is 2.21. The summed E-state index contributed by atoms with van der Waals surface area (Å²) in [5, 5.41) is 2.95. The minimum absolute atomic E-state index is 0.0957. The molecule has 1 N–H and O–H groups in total. The minimum Gasteiger partial charge on any atom is -0.478 e. The molecule has 3 nitrogen and oxygen atoms in total. The molecular formula is C20H24FNO2. The Labute approximate surface area is 142 Å². The lowest BCUT2D eigenvalue weighted by Crippen LogP contribution is -2.39. The lowest BCUT2D eigenvalue weighted by Gasteiger charge is -2.21. The van der Waals surface area contributed by atoms with Gasteiger partial charge in [-0.3, -0.25) is 4.79 Å². The molecule has 0 saturated carbocycles. The standard InChI is InChI=1S/C20H24FNO2/c1-5-18(24-19-9-7-6-8-17(19)21)20(23)22-15(4)16-11-10-13(2)14(3)12-16/h6-12,15,18H,5H2,1-4H3,(H,22,23)/t15-,18+/m0/s1. The average molecular weight is 329 g/mol. The van der Waals surface area contributed by atoms with Crippen molar-refractivity contribution in [1.82, 2.24) is 5.32 Å². The first-order valence-corrected chi connectivity index (χ1v) is 8.21. The summed E-state index contributed by atoms with van der Waals surface area (Å²) in [5.74, 6) is -0.615. The number of aryl methyl sites for hydroxylation is 2. The van der Waals surface area contributed by atoms with Crippen molar-refractivity contribution in [3.63, 3.8) is 0 Å². The van der Waals surface area contributed by atoms with E-state index in [1.807, 2.05) is 32.9 Å². The van der Waals surface area contributed by atoms with Crippen LogP contribution in [0.2, 0.25) is 0 Å². The zero-order valence-corrected chi connectivity index (χ0v) is 14.6. The quantitative estimate of drug-likeness (QED) is 0.849. The molecule has 1 amide bonds. The molecule has 0 aliphatic heterocycles. The average Bonchev–Trinajstić information content (AvgIpc) is 2.56. The van der Waals surface area contributed by atoms with Crippen molar-refractivity contribution in [2.24, 2.45) is 0 Å². The molecule has 0 saturated heterocycles. The van der Waals surface area contributed by atoms with Gasteiger partial charge in [-0.1, -0.05) is 37.3 Å². The highest BCUT2D eigenvalue weighted by molar-refractivity contribution is 5.81. The van der Waals surface area contributed by atoms with E-state index in [1.54, 1.807) is 12.1 Å². The van der Waals surface area contributed by atoms with E-state index in [4.69, 9.17) is 4.74 Å². The molecule has 0 bridgehead atoms. The molecule has 0 heterocycles. The van der Waals surface area contributed by atoms with Gasteiger partial charge in [0.15, 0.2) is 17.7 Å². The number of carbonyl (C=O) groups is 1. The molecule has 2 aromatic rings. The Balaban J connectivity index is 2.05. The summed E-state index contributed by atoms with van der Waals surface area (Å²) in [6.07, 6.45) is -0.268. The predicted molar refractivity (Wildman–Crippen MR) is 93.6 cm³/mol. The third-order valence-corrected chi connectivity index (χ3v) is 4.16. The predicted octanol–water partition coefficient (Wildman–Crippen LogP) is 4.48. The number of ether oxygens (including phenoxy) is 1. The van der Waals surface area contributed by atoms with Crippen LogP contribution in [-0.2, 0) is 4.79 Å². The smallest absolute Gasteiger partial charge is 0.261 e. The fourth-order valence-electron chi connectivity index (χ4n) is 2.44. The van der Waals surface area contributed by atoms with Crippen LogP contribution in [0.15, 0.2) is 42.5 Å². The zero-order valence-electron chi connectivity index (χ0n) is 14.6. The first-order chi connectivity index (χ1) is 11.4. The van der Waals surface area contributed by atoms with E-state index in [0.29, 0.717) is 6.42 Å². The number of benzene rings is 2. The van der Waals surface area contributed by atoms with Crippen molar-refractivity contribution in [2.75, 3.05) is 0 Å². The first kappa shape index (κ1) is 18.0. The van der Waals surface area contributed by atoms with E-state index in [-0.39, 0.29) is 17.7 Å². The number of para-hydroxylation sites is 1. The van der Waals surface area contributed by atoms with Crippen LogP contribution in [0.3, 0.4) is 0 Å². The molecule has 0 aliphatic carbocycles. The molecular weight excluding hydrogens is 305 g/mol. The second-order valence-corrected chi connectivity index (χ2v) is 6.02. The van der Waals surface area contributed by atoms with Gasteiger partial charge in [0.2, 0.25) is 0 Å². The van der Waals surface area contributed by atoms with E-state index >= 15 is 0 Å². The van der Waals surface area contributed by atoms with E-state index < -0.39 is 11.9 Å². The Morgan fingerprint density at radius 3 is 2.50 bits per heavy atom. The largest absolute Gasteiger partial charge is 0.478 e. The fraction of sp³-hybridized carbons (Fsp3) is 0.350. The van der Waals surface area contributed by atoms with E-state index in [9.17, 15) is 9.18 Å². The highest BCUT2D eigenvalue weighted by Crippen LogP contribution is 2.20. The van der Waals surface area contributed by atoms with Gasteiger partial charge in [0.1, 0.15) is 0 Å². The van der Waals surface area contributed by atoms with Crippen LogP contribution in [0.4, 0.5) is 4.39 Å². The van der Waals surface area contributed by atoms with Gasteiger partial charge in [0, 0.05) is 0 Å². The molecule has 24 heavy (non-hydrogen) atoms. The molecule has 4 heteroatoms. The Hall–Kier alpha value is -2.36. The van der Waals surface area contributed by atoms with Crippen LogP contribution in [0, 0.1) is 19.7 Å². The third kappa shape index (κ3) is 4.34. The normalized spacial score (nSPS) is 13.2. The van der Waals surface area contributed by atoms with Gasteiger partial charge in [-0.2, -0.15) is 0 Å². The Bertz CT molecular complexity index is 715. The minimum atomic E-state index is -0.726. The summed E-state index contributed by atoms with van der Waals surface area (Å²) in [6.45, 7) is 7.87. The van der Waals surface area contributed by atoms with Crippen molar-refractivity contribution < 1.29 is 13.9 Å². The summed E-state index contributed by atoms with van der Waals surface area (Å²) >= 11 is 0. The van der Waals surface area contributed by atoms with Crippen molar-refractivity contribution >= 4 is 5.91 Å². The molecule has 0 radical (unpaired) electrons. The summed E-state index contributed by atoms with van der Waals surface area (Å²) in [4.78, 5) is 12.5. The van der Waals surface area contributed by atoms with E-state index in [1.165, 1.54) is 23.3 Å². The number of hydrogen-bond donors (Lipinski definition) is 1. The number of carbonyl (C=O) groups excluding carboxylic acids is 1. The van der Waals surface area contributed by atoms with Gasteiger partial charge in [0.05, 0.1) is 6.04 Å². The van der Waals surface area contributed by atoms with E-state index in [0.717, 1.165) is 5.56 Å². The number of halogens is 1. The molecule has 0 aliphatic rings. The summed E-state index contributed by atoms with van der Waals surface area (Å²) in [6, 6.07) is 12.1. The van der Waals surface area contributed by atoms with Crippen molar-refractivity contribution in [3.8, 4) is 5.75 Å². The van der Waals surface area contributed by atoms with Crippen molar-refractivity contribution in [3.05, 3.63) is 65.0 Å². The molecule has 0 aromatic heterocycles. The van der Waals surface area contributed by atoms with Crippen LogP contribution >= 0.6 is 0 Å². The Morgan fingerprint density at radius 1 is 1.17 bits per heavy atom. The van der Waals surface area contributed by atoms with Gasteiger partial charge >= 0.3 is 0 Å². The topological polar surface area (TPSA) is 38.3 Å². The first-order valence-electron chi connectivity index (χ1n) is 8.21. The molecule has 0 spiro atoms. The number of rotatable bonds is 6. The molecule has 2 aromatic carbocycles. The van der Waals surface area contributed by atoms with Crippen LogP contribution in [0.1, 0.15) is 43.0 Å². The summed E-state index contributed by atoms with van der Waals surface area (Å²) < 4.78 is 19.3. The lowest BCUT2D eigenvalue weighted by molar-refractivity contribution is -0.128. The molecule has 0 fully saturated rings. The van der Waals surface area contributed by atoms with Gasteiger partial charge < -0.3 is 10.1 Å². The van der Waals surface area contributed by atoms with Crippen LogP contribution in [0.5, 0.6) is 5.75 Å². The van der Waals surface area contributed by atoms with E-state index in [2.05, 4.69) is 18.3 Å². The van der Waals surface area contributed by atoms with Crippen molar-refractivity contribution in [2.45, 2.75) is 46.3 Å². The fourth-order valence-corrected chi connectivity index (χ4v) is 2.44. The highest BCUT2D eigenvalue weighted by atomic mass is 19.1. The maximum Gasteiger partial charge on any atom is 0.261 e. The van der Waals surface area contributed by atoms with Crippen molar-refractivity contribution in [1.29, 1.82) is 0 Å². The molecule has 0 unspecified atom stereocenters. The van der Waals surface area contributed by atoms with Gasteiger partial charge in [0.25, 0.3) is 5.91 Å². The second kappa shape index (κ2) is 7.95. The van der Waals surface area contributed by atoms with Gasteiger partial charge in [-0.15, -0.1) is 0 Å². The monoisotopic (exact) mass is 329 g/mol. The lowest BCUT2D eigenvalue weighted by atomic mass is 10.0. The molecule has 2 rings (SSSR count). The number of nitrogens with one attached hydrogen (secondary N) is 1. The summed E-state index contributed by atoms with van der Waals surface area (Å²) in [7, 11) is 0. The number of amides is 1. The zero-order chi connectivity index (χ0) is 17.7.